The van der Waals surface area contributed by atoms with Gasteiger partial charge in [-0.1, -0.05) is 29.3 Å². The van der Waals surface area contributed by atoms with Gasteiger partial charge in [0.25, 0.3) is 5.91 Å². The smallest absolute Gasteiger partial charge is 0.262 e. The van der Waals surface area contributed by atoms with Crippen LogP contribution in [0.3, 0.4) is 0 Å². The molecule has 1 amide bonds. The van der Waals surface area contributed by atoms with E-state index in [0.717, 1.165) is 6.07 Å². The van der Waals surface area contributed by atoms with E-state index in [9.17, 15) is 19.4 Å². The van der Waals surface area contributed by atoms with Gasteiger partial charge in [-0.3, -0.25) is 4.79 Å². The van der Waals surface area contributed by atoms with Gasteiger partial charge in [-0.25, -0.2) is 4.39 Å². The topological polar surface area (TPSA) is 69.6 Å². The number of phenolic OH excluding ortho intramolecular Hbond substituents is 2. The van der Waals surface area contributed by atoms with E-state index in [1.807, 2.05) is 0 Å². The summed E-state index contributed by atoms with van der Waals surface area (Å²) < 4.78 is 13.5. The summed E-state index contributed by atoms with van der Waals surface area (Å²) in [7, 11) is 0. The number of carbonyl (C=O) groups excluding carboxylic acids is 1. The van der Waals surface area contributed by atoms with Crippen molar-refractivity contribution in [1.82, 2.24) is 0 Å². The molecule has 2 aromatic carbocycles. The zero-order chi connectivity index (χ0) is 14.9. The van der Waals surface area contributed by atoms with Crippen molar-refractivity contribution in [2.75, 3.05) is 5.32 Å². The summed E-state index contributed by atoms with van der Waals surface area (Å²) in [6, 6.07) is 5.99. The molecule has 2 aromatic rings. The summed E-state index contributed by atoms with van der Waals surface area (Å²) in [4.78, 5) is 11.9. The molecular formula is C13H8Cl2FNO3. The molecule has 0 heterocycles. The Balaban J connectivity index is 2.38. The van der Waals surface area contributed by atoms with E-state index in [4.69, 9.17) is 23.2 Å². The van der Waals surface area contributed by atoms with Gasteiger partial charge in [-0.05, 0) is 24.3 Å². The Labute approximate surface area is 123 Å². The normalized spacial score (nSPS) is 10.3. The molecular weight excluding hydrogens is 308 g/mol. The van der Waals surface area contributed by atoms with Crippen LogP contribution in [-0.2, 0) is 0 Å². The minimum atomic E-state index is -0.936. The molecule has 0 aromatic heterocycles. The van der Waals surface area contributed by atoms with Crippen molar-refractivity contribution in [2.24, 2.45) is 0 Å². The molecule has 0 aliphatic rings. The quantitative estimate of drug-likeness (QED) is 0.738. The van der Waals surface area contributed by atoms with Crippen molar-refractivity contribution >= 4 is 34.8 Å². The Morgan fingerprint density at radius 1 is 1.20 bits per heavy atom. The maximum absolute atomic E-state index is 13.5. The first-order valence-corrected chi connectivity index (χ1v) is 6.12. The van der Waals surface area contributed by atoms with Crippen LogP contribution in [0.25, 0.3) is 0 Å². The van der Waals surface area contributed by atoms with Crippen molar-refractivity contribution in [2.45, 2.75) is 0 Å². The first-order chi connectivity index (χ1) is 9.40. The number of halogens is 3. The fourth-order valence-corrected chi connectivity index (χ4v) is 2.08. The molecule has 0 saturated carbocycles. The van der Waals surface area contributed by atoms with Crippen molar-refractivity contribution in [3.05, 3.63) is 51.8 Å². The van der Waals surface area contributed by atoms with Crippen LogP contribution in [0, 0.1) is 5.82 Å². The van der Waals surface area contributed by atoms with Crippen molar-refractivity contribution in [3.63, 3.8) is 0 Å². The molecule has 0 fully saturated rings. The number of nitrogens with one attached hydrogen (secondary N) is 1. The van der Waals surface area contributed by atoms with Gasteiger partial charge in [0.05, 0.1) is 10.7 Å². The highest BCUT2D eigenvalue weighted by Crippen LogP contribution is 2.35. The predicted molar refractivity (Wildman–Crippen MR) is 74.1 cm³/mol. The van der Waals surface area contributed by atoms with Gasteiger partial charge in [0.15, 0.2) is 5.75 Å². The van der Waals surface area contributed by atoms with Gasteiger partial charge >= 0.3 is 0 Å². The van der Waals surface area contributed by atoms with Crippen LogP contribution < -0.4 is 5.32 Å². The fourth-order valence-electron chi connectivity index (χ4n) is 1.58. The number of carbonyl (C=O) groups is 1. The molecule has 4 nitrogen and oxygen atoms in total. The molecule has 2 rings (SSSR count). The maximum atomic E-state index is 13.5. The van der Waals surface area contributed by atoms with Crippen molar-refractivity contribution < 1.29 is 19.4 Å². The van der Waals surface area contributed by atoms with Gasteiger partial charge in [0.1, 0.15) is 17.1 Å². The van der Waals surface area contributed by atoms with Gasteiger partial charge in [-0.15, -0.1) is 0 Å². The molecule has 3 N–H and O–H groups in total. The molecule has 0 saturated heterocycles. The Morgan fingerprint density at radius 3 is 2.55 bits per heavy atom. The van der Waals surface area contributed by atoms with E-state index < -0.39 is 28.8 Å². The molecule has 0 bridgehead atoms. The molecule has 0 aliphatic carbocycles. The van der Waals surface area contributed by atoms with Gasteiger partial charge in [0, 0.05) is 5.02 Å². The van der Waals surface area contributed by atoms with Crippen LogP contribution in [0.2, 0.25) is 10.0 Å². The lowest BCUT2D eigenvalue weighted by Gasteiger charge is -2.10. The maximum Gasteiger partial charge on any atom is 0.262 e. The average molecular weight is 316 g/mol. The van der Waals surface area contributed by atoms with E-state index in [1.54, 1.807) is 0 Å². The van der Waals surface area contributed by atoms with Gasteiger partial charge in [-0.2, -0.15) is 0 Å². The molecule has 0 atom stereocenters. The number of amides is 1. The van der Waals surface area contributed by atoms with Crippen LogP contribution in [0.15, 0.2) is 30.3 Å². The lowest BCUT2D eigenvalue weighted by atomic mass is 10.1. The lowest BCUT2D eigenvalue weighted by molar-refractivity contribution is 0.102. The summed E-state index contributed by atoms with van der Waals surface area (Å²) in [5.41, 5.74) is -0.627. The second-order valence-corrected chi connectivity index (χ2v) is 4.72. The number of benzene rings is 2. The Hall–Kier alpha value is -1.98. The number of hydrogen-bond acceptors (Lipinski definition) is 3. The molecule has 20 heavy (non-hydrogen) atoms. The highest BCUT2D eigenvalue weighted by molar-refractivity contribution is 6.36. The van der Waals surface area contributed by atoms with E-state index in [0.29, 0.717) is 0 Å². The third kappa shape index (κ3) is 2.79. The fraction of sp³-hybridized carbons (Fsp3) is 0. The van der Waals surface area contributed by atoms with E-state index in [-0.39, 0.29) is 15.7 Å². The second kappa shape index (κ2) is 5.56. The summed E-state index contributed by atoms with van der Waals surface area (Å²) in [6.45, 7) is 0. The van der Waals surface area contributed by atoms with Crippen LogP contribution in [-0.4, -0.2) is 16.1 Å². The summed E-state index contributed by atoms with van der Waals surface area (Å²) >= 11 is 11.4. The number of anilines is 1. The number of hydrogen-bond donors (Lipinski definition) is 3. The minimum absolute atomic E-state index is 0.0643. The summed E-state index contributed by atoms with van der Waals surface area (Å²) in [6.07, 6.45) is 0. The highest BCUT2D eigenvalue weighted by atomic mass is 35.5. The third-order valence-electron chi connectivity index (χ3n) is 2.50. The Kier molecular flexibility index (Phi) is 4.01. The number of rotatable bonds is 2. The molecule has 7 heteroatoms. The Morgan fingerprint density at radius 2 is 1.90 bits per heavy atom. The van der Waals surface area contributed by atoms with E-state index in [2.05, 4.69) is 5.32 Å². The first-order valence-electron chi connectivity index (χ1n) is 5.37. The van der Waals surface area contributed by atoms with Gasteiger partial charge < -0.3 is 15.5 Å². The van der Waals surface area contributed by atoms with Crippen LogP contribution >= 0.6 is 23.2 Å². The third-order valence-corrected chi connectivity index (χ3v) is 3.00. The Bertz CT molecular complexity index is 671. The lowest BCUT2D eigenvalue weighted by Crippen LogP contribution is -2.14. The average Bonchev–Trinajstić information content (AvgIpc) is 2.35. The van der Waals surface area contributed by atoms with E-state index >= 15 is 0 Å². The highest BCUT2D eigenvalue weighted by Gasteiger charge is 2.18. The molecule has 0 radical (unpaired) electrons. The van der Waals surface area contributed by atoms with Crippen molar-refractivity contribution in [3.8, 4) is 11.5 Å². The molecule has 0 aliphatic heterocycles. The summed E-state index contributed by atoms with van der Waals surface area (Å²) in [5.74, 6) is -2.75. The first kappa shape index (κ1) is 14.4. The number of aromatic hydroxyl groups is 2. The SMILES string of the molecule is O=C(Nc1cc(Cl)cc(Cl)c1O)c1c(O)cccc1F. The van der Waals surface area contributed by atoms with Gasteiger partial charge in [0.2, 0.25) is 0 Å². The summed E-state index contributed by atoms with van der Waals surface area (Å²) in [5, 5.41) is 21.5. The zero-order valence-corrected chi connectivity index (χ0v) is 11.3. The second-order valence-electron chi connectivity index (χ2n) is 3.87. The van der Waals surface area contributed by atoms with E-state index in [1.165, 1.54) is 24.3 Å². The molecule has 104 valence electrons. The zero-order valence-electron chi connectivity index (χ0n) is 9.82. The van der Waals surface area contributed by atoms with Crippen LogP contribution in [0.1, 0.15) is 10.4 Å². The molecule has 0 unspecified atom stereocenters. The van der Waals surface area contributed by atoms with Crippen molar-refractivity contribution in [1.29, 1.82) is 0 Å². The van der Waals surface area contributed by atoms with Crippen LogP contribution in [0.5, 0.6) is 11.5 Å². The standard InChI is InChI=1S/C13H8Cl2FNO3/c14-6-4-7(15)12(19)9(5-6)17-13(20)11-8(16)2-1-3-10(11)18/h1-5,18-19H,(H,17,20). The minimum Gasteiger partial charge on any atom is -0.507 e. The monoisotopic (exact) mass is 315 g/mol. The number of phenols is 2. The molecule has 0 spiro atoms. The largest absolute Gasteiger partial charge is 0.507 e. The van der Waals surface area contributed by atoms with Crippen LogP contribution in [0.4, 0.5) is 10.1 Å². The predicted octanol–water partition coefficient (Wildman–Crippen LogP) is 3.80.